The van der Waals surface area contributed by atoms with Gasteiger partial charge in [0.05, 0.1) is 5.54 Å². The van der Waals surface area contributed by atoms with E-state index in [2.05, 4.69) is 26.1 Å². The number of nitrogens with two attached hydrogens (primary N) is 1. The Balaban J connectivity index is 0.00000324. The van der Waals surface area contributed by atoms with Gasteiger partial charge in [-0.1, -0.05) is 46.5 Å². The fourth-order valence-electron chi connectivity index (χ4n) is 3.00. The van der Waals surface area contributed by atoms with Crippen LogP contribution in [0, 0.1) is 11.8 Å². The molecule has 0 bridgehead atoms. The van der Waals surface area contributed by atoms with Crippen molar-refractivity contribution in [3.63, 3.8) is 0 Å². The van der Waals surface area contributed by atoms with Crippen molar-refractivity contribution in [2.75, 3.05) is 6.54 Å². The number of halogens is 1. The van der Waals surface area contributed by atoms with E-state index >= 15 is 0 Å². The van der Waals surface area contributed by atoms with Gasteiger partial charge in [0.2, 0.25) is 5.91 Å². The standard InChI is InChI=1S/C15H30N2O.ClH/c1-4-15(5-2,11-16)17-14(18)12(3)10-13-8-6-7-9-13;/h12-13H,4-11,16H2,1-3H3,(H,17,18);1H. The number of carbonyl (C=O) groups is 1. The number of hydrogen-bond donors (Lipinski definition) is 2. The van der Waals surface area contributed by atoms with Crippen molar-refractivity contribution in [2.45, 2.75) is 71.3 Å². The Kier molecular flexibility index (Phi) is 8.67. The van der Waals surface area contributed by atoms with Crippen LogP contribution in [0.2, 0.25) is 0 Å². The maximum absolute atomic E-state index is 12.3. The van der Waals surface area contributed by atoms with Crippen molar-refractivity contribution < 1.29 is 4.79 Å². The van der Waals surface area contributed by atoms with E-state index in [0.717, 1.165) is 25.2 Å². The van der Waals surface area contributed by atoms with Gasteiger partial charge >= 0.3 is 0 Å². The molecule has 1 rings (SSSR count). The van der Waals surface area contributed by atoms with Gasteiger partial charge < -0.3 is 11.1 Å². The van der Waals surface area contributed by atoms with Crippen molar-refractivity contribution in [1.29, 1.82) is 0 Å². The van der Waals surface area contributed by atoms with Crippen LogP contribution < -0.4 is 11.1 Å². The lowest BCUT2D eigenvalue weighted by atomic mass is 9.89. The second kappa shape index (κ2) is 8.80. The van der Waals surface area contributed by atoms with E-state index in [1.807, 2.05) is 0 Å². The number of nitrogens with one attached hydrogen (secondary N) is 1. The van der Waals surface area contributed by atoms with Crippen LogP contribution in [-0.2, 0) is 4.79 Å². The molecule has 0 aromatic carbocycles. The molecule has 114 valence electrons. The van der Waals surface area contributed by atoms with E-state index in [1.165, 1.54) is 25.7 Å². The topological polar surface area (TPSA) is 55.1 Å². The first-order valence-corrected chi connectivity index (χ1v) is 7.59. The molecular weight excluding hydrogens is 260 g/mol. The lowest BCUT2D eigenvalue weighted by Crippen LogP contribution is -2.54. The molecule has 1 saturated carbocycles. The lowest BCUT2D eigenvalue weighted by Gasteiger charge is -2.33. The zero-order valence-electron chi connectivity index (χ0n) is 12.7. The van der Waals surface area contributed by atoms with Crippen molar-refractivity contribution in [2.24, 2.45) is 17.6 Å². The highest BCUT2D eigenvalue weighted by molar-refractivity contribution is 5.85. The highest BCUT2D eigenvalue weighted by atomic mass is 35.5. The molecule has 1 aliphatic carbocycles. The van der Waals surface area contributed by atoms with E-state index in [0.29, 0.717) is 6.54 Å². The zero-order valence-corrected chi connectivity index (χ0v) is 13.5. The van der Waals surface area contributed by atoms with E-state index in [4.69, 9.17) is 5.73 Å². The normalized spacial score (nSPS) is 17.9. The SMILES string of the molecule is CCC(CC)(CN)NC(=O)C(C)CC1CCCC1.Cl. The van der Waals surface area contributed by atoms with Crippen LogP contribution in [0.4, 0.5) is 0 Å². The molecule has 0 aromatic rings. The summed E-state index contributed by atoms with van der Waals surface area (Å²) in [5.41, 5.74) is 5.63. The quantitative estimate of drug-likeness (QED) is 0.756. The molecule has 0 aromatic heterocycles. The van der Waals surface area contributed by atoms with Gasteiger partial charge in [0.25, 0.3) is 0 Å². The fraction of sp³-hybridized carbons (Fsp3) is 0.933. The number of rotatable bonds is 7. The summed E-state index contributed by atoms with van der Waals surface area (Å²) in [4.78, 5) is 12.3. The third kappa shape index (κ3) is 5.31. The third-order valence-electron chi connectivity index (χ3n) is 4.74. The minimum absolute atomic E-state index is 0. The first-order chi connectivity index (χ1) is 8.56. The predicted molar refractivity (Wildman–Crippen MR) is 83.5 cm³/mol. The average molecular weight is 291 g/mol. The molecule has 1 fully saturated rings. The van der Waals surface area contributed by atoms with Gasteiger partial charge in [-0.3, -0.25) is 4.79 Å². The largest absolute Gasteiger partial charge is 0.349 e. The zero-order chi connectivity index (χ0) is 13.6. The van der Waals surface area contributed by atoms with Crippen molar-refractivity contribution in [3.8, 4) is 0 Å². The second-order valence-corrected chi connectivity index (χ2v) is 5.97. The monoisotopic (exact) mass is 290 g/mol. The summed E-state index contributed by atoms with van der Waals surface area (Å²) >= 11 is 0. The van der Waals surface area contributed by atoms with E-state index < -0.39 is 0 Å². The van der Waals surface area contributed by atoms with Gasteiger partial charge in [-0.05, 0) is 25.2 Å². The number of amides is 1. The highest BCUT2D eigenvalue weighted by Gasteiger charge is 2.29. The van der Waals surface area contributed by atoms with Crippen LogP contribution in [0.3, 0.4) is 0 Å². The molecule has 1 unspecified atom stereocenters. The van der Waals surface area contributed by atoms with Crippen LogP contribution in [0.25, 0.3) is 0 Å². The number of carbonyl (C=O) groups excluding carboxylic acids is 1. The Morgan fingerprint density at radius 1 is 1.32 bits per heavy atom. The molecule has 1 atom stereocenters. The number of hydrogen-bond acceptors (Lipinski definition) is 2. The summed E-state index contributed by atoms with van der Waals surface area (Å²) in [7, 11) is 0. The van der Waals surface area contributed by atoms with E-state index in [9.17, 15) is 4.79 Å². The van der Waals surface area contributed by atoms with E-state index in [1.54, 1.807) is 0 Å². The molecule has 0 heterocycles. The van der Waals surface area contributed by atoms with Crippen LogP contribution in [0.5, 0.6) is 0 Å². The molecule has 1 aliphatic rings. The van der Waals surface area contributed by atoms with Crippen LogP contribution in [0.15, 0.2) is 0 Å². The van der Waals surface area contributed by atoms with Crippen LogP contribution in [0.1, 0.15) is 65.7 Å². The summed E-state index contributed by atoms with van der Waals surface area (Å²) in [6.45, 7) is 6.78. The Morgan fingerprint density at radius 3 is 2.26 bits per heavy atom. The second-order valence-electron chi connectivity index (χ2n) is 5.97. The maximum Gasteiger partial charge on any atom is 0.223 e. The Morgan fingerprint density at radius 2 is 1.84 bits per heavy atom. The first kappa shape index (κ1) is 18.7. The first-order valence-electron chi connectivity index (χ1n) is 7.59. The maximum atomic E-state index is 12.3. The molecule has 0 radical (unpaired) electrons. The minimum atomic E-state index is -0.193. The summed E-state index contributed by atoms with van der Waals surface area (Å²) in [6, 6.07) is 0. The molecule has 3 N–H and O–H groups in total. The van der Waals surface area contributed by atoms with E-state index in [-0.39, 0.29) is 29.8 Å². The fourth-order valence-corrected chi connectivity index (χ4v) is 3.00. The van der Waals surface area contributed by atoms with Crippen molar-refractivity contribution >= 4 is 18.3 Å². The van der Waals surface area contributed by atoms with Crippen LogP contribution >= 0.6 is 12.4 Å². The van der Waals surface area contributed by atoms with Gasteiger partial charge in [0, 0.05) is 12.5 Å². The molecule has 0 spiro atoms. The smallest absolute Gasteiger partial charge is 0.223 e. The molecule has 3 nitrogen and oxygen atoms in total. The van der Waals surface area contributed by atoms with Crippen molar-refractivity contribution in [1.82, 2.24) is 5.32 Å². The molecule has 0 aliphatic heterocycles. The predicted octanol–water partition coefficient (Wildman–Crippen LogP) is 3.26. The summed E-state index contributed by atoms with van der Waals surface area (Å²) < 4.78 is 0. The average Bonchev–Trinajstić information content (AvgIpc) is 2.88. The molecule has 1 amide bonds. The minimum Gasteiger partial charge on any atom is -0.349 e. The summed E-state index contributed by atoms with van der Waals surface area (Å²) in [5, 5.41) is 3.19. The van der Waals surface area contributed by atoms with Gasteiger partial charge in [-0.25, -0.2) is 0 Å². The Bertz CT molecular complexity index is 253. The van der Waals surface area contributed by atoms with Crippen molar-refractivity contribution in [3.05, 3.63) is 0 Å². The van der Waals surface area contributed by atoms with Gasteiger partial charge in [-0.2, -0.15) is 0 Å². The Hall–Kier alpha value is -0.280. The lowest BCUT2D eigenvalue weighted by molar-refractivity contribution is -0.127. The highest BCUT2D eigenvalue weighted by Crippen LogP contribution is 2.30. The molecule has 0 saturated heterocycles. The molecule has 4 heteroatoms. The van der Waals surface area contributed by atoms with Gasteiger partial charge in [-0.15, -0.1) is 12.4 Å². The van der Waals surface area contributed by atoms with Crippen LogP contribution in [-0.4, -0.2) is 18.0 Å². The third-order valence-corrected chi connectivity index (χ3v) is 4.74. The Labute approximate surface area is 124 Å². The summed E-state index contributed by atoms with van der Waals surface area (Å²) in [5.74, 6) is 1.08. The molecule has 19 heavy (non-hydrogen) atoms. The van der Waals surface area contributed by atoms with Gasteiger partial charge in [0.15, 0.2) is 0 Å². The summed E-state index contributed by atoms with van der Waals surface area (Å²) in [6.07, 6.45) is 8.15. The molecular formula is C15H31ClN2O. The van der Waals surface area contributed by atoms with Gasteiger partial charge in [0.1, 0.15) is 0 Å².